The van der Waals surface area contributed by atoms with E-state index in [1.165, 1.54) is 13.2 Å². The first kappa shape index (κ1) is 16.6. The van der Waals surface area contributed by atoms with Gasteiger partial charge in [0.2, 0.25) is 0 Å². The Morgan fingerprint density at radius 3 is 2.56 bits per heavy atom. The van der Waals surface area contributed by atoms with Crippen LogP contribution in [0.3, 0.4) is 0 Å². The highest BCUT2D eigenvalue weighted by molar-refractivity contribution is 5.81. The summed E-state index contributed by atoms with van der Waals surface area (Å²) in [6, 6.07) is 11.4. The quantitative estimate of drug-likeness (QED) is 0.507. The number of ether oxygens (including phenoxy) is 3. The topological polar surface area (TPSA) is 75.0 Å². The standard InChI is InChI=1S/C19H16O6/c1-22-14-4-6-16-15(9-14)13(8-19(21)25-16)11-24-17-5-3-12(10-20)7-18(17)23-2/h3-10H,11H2,1-2H3. The van der Waals surface area contributed by atoms with Crippen LogP contribution >= 0.6 is 0 Å². The molecule has 6 nitrogen and oxygen atoms in total. The summed E-state index contributed by atoms with van der Waals surface area (Å²) < 4.78 is 21.4. The predicted octanol–water partition coefficient (Wildman–Crippen LogP) is 3.20. The highest BCUT2D eigenvalue weighted by atomic mass is 16.5. The van der Waals surface area contributed by atoms with Crippen LogP contribution in [0.4, 0.5) is 0 Å². The molecule has 25 heavy (non-hydrogen) atoms. The average molecular weight is 340 g/mol. The smallest absolute Gasteiger partial charge is 0.336 e. The highest BCUT2D eigenvalue weighted by Crippen LogP contribution is 2.29. The van der Waals surface area contributed by atoms with E-state index >= 15 is 0 Å². The second-order valence-electron chi connectivity index (χ2n) is 5.27. The van der Waals surface area contributed by atoms with E-state index < -0.39 is 5.63 Å². The van der Waals surface area contributed by atoms with E-state index in [9.17, 15) is 9.59 Å². The molecule has 0 aliphatic rings. The molecule has 0 spiro atoms. The van der Waals surface area contributed by atoms with E-state index in [1.54, 1.807) is 43.5 Å². The molecule has 0 saturated heterocycles. The molecule has 0 aliphatic heterocycles. The first-order valence-electron chi connectivity index (χ1n) is 7.51. The average Bonchev–Trinajstić information content (AvgIpc) is 2.65. The van der Waals surface area contributed by atoms with Gasteiger partial charge >= 0.3 is 5.63 Å². The Labute approximate surface area is 143 Å². The van der Waals surface area contributed by atoms with Gasteiger partial charge in [0, 0.05) is 22.6 Å². The van der Waals surface area contributed by atoms with Crippen molar-refractivity contribution in [2.75, 3.05) is 14.2 Å². The highest BCUT2D eigenvalue weighted by Gasteiger charge is 2.10. The van der Waals surface area contributed by atoms with Crippen molar-refractivity contribution < 1.29 is 23.4 Å². The number of hydrogen-bond acceptors (Lipinski definition) is 6. The van der Waals surface area contributed by atoms with Crippen LogP contribution in [0.5, 0.6) is 17.2 Å². The van der Waals surface area contributed by atoms with Crippen LogP contribution in [-0.4, -0.2) is 20.5 Å². The molecule has 0 fully saturated rings. The largest absolute Gasteiger partial charge is 0.497 e. The third-order valence-corrected chi connectivity index (χ3v) is 3.74. The molecular weight excluding hydrogens is 324 g/mol. The third kappa shape index (κ3) is 3.47. The van der Waals surface area contributed by atoms with Crippen molar-refractivity contribution in [3.8, 4) is 17.2 Å². The molecule has 128 valence electrons. The van der Waals surface area contributed by atoms with Gasteiger partial charge in [-0.05, 0) is 36.4 Å². The van der Waals surface area contributed by atoms with E-state index in [0.717, 1.165) is 11.7 Å². The van der Waals surface area contributed by atoms with Gasteiger partial charge in [-0.1, -0.05) is 0 Å². The van der Waals surface area contributed by atoms with Gasteiger partial charge in [-0.15, -0.1) is 0 Å². The summed E-state index contributed by atoms with van der Waals surface area (Å²) in [7, 11) is 3.06. The second kappa shape index (κ2) is 7.09. The van der Waals surface area contributed by atoms with Gasteiger partial charge in [0.05, 0.1) is 14.2 Å². The molecule has 0 bridgehead atoms. The first-order valence-corrected chi connectivity index (χ1v) is 7.51. The molecule has 1 heterocycles. The lowest BCUT2D eigenvalue weighted by atomic mass is 10.1. The van der Waals surface area contributed by atoms with Gasteiger partial charge < -0.3 is 18.6 Å². The zero-order valence-corrected chi connectivity index (χ0v) is 13.8. The SMILES string of the molecule is COc1ccc2oc(=O)cc(COc3ccc(C=O)cc3OC)c2c1. The normalized spacial score (nSPS) is 10.5. The van der Waals surface area contributed by atoms with Crippen molar-refractivity contribution in [2.24, 2.45) is 0 Å². The monoisotopic (exact) mass is 340 g/mol. The van der Waals surface area contributed by atoms with Crippen molar-refractivity contribution in [1.82, 2.24) is 0 Å². The Bertz CT molecular complexity index is 973. The van der Waals surface area contributed by atoms with Crippen LogP contribution in [0.15, 0.2) is 51.7 Å². The zero-order chi connectivity index (χ0) is 17.8. The fourth-order valence-corrected chi connectivity index (χ4v) is 2.49. The molecule has 2 aromatic carbocycles. The van der Waals surface area contributed by atoms with Crippen molar-refractivity contribution in [3.63, 3.8) is 0 Å². The van der Waals surface area contributed by atoms with Crippen LogP contribution < -0.4 is 19.8 Å². The van der Waals surface area contributed by atoms with Gasteiger partial charge in [-0.3, -0.25) is 4.79 Å². The number of fused-ring (bicyclic) bond motifs is 1. The number of methoxy groups -OCH3 is 2. The summed E-state index contributed by atoms with van der Waals surface area (Å²) in [6.07, 6.45) is 0.731. The van der Waals surface area contributed by atoms with Gasteiger partial charge in [0.15, 0.2) is 11.5 Å². The minimum absolute atomic E-state index is 0.131. The first-order chi connectivity index (χ1) is 12.1. The summed E-state index contributed by atoms with van der Waals surface area (Å²) >= 11 is 0. The number of hydrogen-bond donors (Lipinski definition) is 0. The van der Waals surface area contributed by atoms with Crippen molar-refractivity contribution in [1.29, 1.82) is 0 Å². The van der Waals surface area contributed by atoms with Crippen molar-refractivity contribution >= 4 is 17.3 Å². The van der Waals surface area contributed by atoms with Crippen LogP contribution in [0, 0.1) is 0 Å². The molecule has 3 aromatic rings. The molecule has 0 amide bonds. The van der Waals surface area contributed by atoms with Crippen LogP contribution in [0.1, 0.15) is 15.9 Å². The molecule has 0 radical (unpaired) electrons. The van der Waals surface area contributed by atoms with E-state index in [-0.39, 0.29) is 6.61 Å². The minimum Gasteiger partial charge on any atom is -0.497 e. The molecular formula is C19H16O6. The van der Waals surface area contributed by atoms with Crippen molar-refractivity contribution in [3.05, 3.63) is 64.0 Å². The Balaban J connectivity index is 1.95. The van der Waals surface area contributed by atoms with Gasteiger partial charge in [-0.25, -0.2) is 4.79 Å². The van der Waals surface area contributed by atoms with Gasteiger partial charge in [0.25, 0.3) is 0 Å². The molecule has 0 aliphatic carbocycles. The lowest BCUT2D eigenvalue weighted by Crippen LogP contribution is -2.05. The van der Waals surface area contributed by atoms with Gasteiger partial charge in [-0.2, -0.15) is 0 Å². The molecule has 0 unspecified atom stereocenters. The predicted molar refractivity (Wildman–Crippen MR) is 91.7 cm³/mol. The Hall–Kier alpha value is -3.28. The fraction of sp³-hybridized carbons (Fsp3) is 0.158. The maximum absolute atomic E-state index is 11.8. The van der Waals surface area contributed by atoms with Crippen molar-refractivity contribution in [2.45, 2.75) is 6.61 Å². The second-order valence-corrected chi connectivity index (χ2v) is 5.27. The summed E-state index contributed by atoms with van der Waals surface area (Å²) in [5, 5.41) is 0.724. The number of rotatable bonds is 6. The van der Waals surface area contributed by atoms with Crippen LogP contribution in [0.25, 0.3) is 11.0 Å². The lowest BCUT2D eigenvalue weighted by molar-refractivity contribution is 0.112. The summed E-state index contributed by atoms with van der Waals surface area (Å²) in [6.45, 7) is 0.131. The lowest BCUT2D eigenvalue weighted by Gasteiger charge is -2.12. The summed E-state index contributed by atoms with van der Waals surface area (Å²) in [5.74, 6) is 1.56. The van der Waals surface area contributed by atoms with Crippen LogP contribution in [0.2, 0.25) is 0 Å². The molecule has 0 N–H and O–H groups in total. The van der Waals surface area contributed by atoms with Gasteiger partial charge in [0.1, 0.15) is 24.2 Å². The Morgan fingerprint density at radius 2 is 1.84 bits per heavy atom. The zero-order valence-electron chi connectivity index (χ0n) is 13.8. The van der Waals surface area contributed by atoms with Crippen LogP contribution in [-0.2, 0) is 6.61 Å². The molecule has 3 rings (SSSR count). The maximum atomic E-state index is 11.8. The van der Waals surface area contributed by atoms with E-state index in [2.05, 4.69) is 0 Å². The molecule has 6 heteroatoms. The summed E-state index contributed by atoms with van der Waals surface area (Å²) in [5.41, 5.74) is 1.14. The molecule has 0 saturated carbocycles. The maximum Gasteiger partial charge on any atom is 0.336 e. The fourth-order valence-electron chi connectivity index (χ4n) is 2.49. The molecule has 1 aromatic heterocycles. The number of benzene rings is 2. The van der Waals surface area contributed by atoms with E-state index in [0.29, 0.717) is 34.0 Å². The third-order valence-electron chi connectivity index (χ3n) is 3.74. The number of aldehydes is 1. The minimum atomic E-state index is -0.459. The Morgan fingerprint density at radius 1 is 1.00 bits per heavy atom. The van der Waals surface area contributed by atoms with E-state index in [4.69, 9.17) is 18.6 Å². The van der Waals surface area contributed by atoms with E-state index in [1.807, 2.05) is 0 Å². The Kier molecular flexibility index (Phi) is 4.70. The number of carbonyl (C=O) groups excluding carboxylic acids is 1. The summed E-state index contributed by atoms with van der Waals surface area (Å²) in [4.78, 5) is 22.6. The number of carbonyl (C=O) groups is 1. The molecule has 0 atom stereocenters.